The molecule has 1 unspecified atom stereocenters. The molecular formula is C26H36N2O4. The smallest absolute Gasteiger partial charge is 0.407 e. The first kappa shape index (κ1) is 26.9. The summed E-state index contributed by atoms with van der Waals surface area (Å²) in [5, 5.41) is 2.42. The molecule has 1 amide bonds. The van der Waals surface area contributed by atoms with Crippen LogP contribution in [0.3, 0.4) is 0 Å². The molecule has 0 bridgehead atoms. The lowest BCUT2D eigenvalue weighted by Gasteiger charge is -2.14. The number of unbranched alkanes of at least 4 members (excludes halogenated alkanes) is 3. The molecule has 1 aromatic rings. The van der Waals surface area contributed by atoms with Crippen molar-refractivity contribution in [2.75, 3.05) is 31.7 Å². The van der Waals surface area contributed by atoms with E-state index in [1.807, 2.05) is 42.3 Å². The van der Waals surface area contributed by atoms with Crippen LogP contribution in [-0.2, 0) is 14.3 Å². The van der Waals surface area contributed by atoms with Crippen molar-refractivity contribution in [1.29, 1.82) is 0 Å². The molecule has 0 saturated carbocycles. The first-order chi connectivity index (χ1) is 15.6. The van der Waals surface area contributed by atoms with Crippen molar-refractivity contribution in [3.05, 3.63) is 30.3 Å². The highest BCUT2D eigenvalue weighted by molar-refractivity contribution is 5.77. The number of carbonyl (C=O) groups excluding carboxylic acids is 2. The second-order valence-electron chi connectivity index (χ2n) is 7.48. The number of hydrogen-bond acceptors (Lipinski definition) is 5. The highest BCUT2D eigenvalue weighted by atomic mass is 16.6. The van der Waals surface area contributed by atoms with Crippen molar-refractivity contribution in [2.24, 2.45) is 5.92 Å². The maximum absolute atomic E-state index is 11.7. The van der Waals surface area contributed by atoms with E-state index < -0.39 is 12.1 Å². The minimum Gasteiger partial charge on any atom is -0.464 e. The van der Waals surface area contributed by atoms with E-state index in [0.717, 1.165) is 37.8 Å². The normalized spacial score (nSPS) is 10.6. The summed E-state index contributed by atoms with van der Waals surface area (Å²) in [5.41, 5.74) is 1.02. The number of hydrogen-bond donors (Lipinski definition) is 1. The predicted octanol–water partition coefficient (Wildman–Crippen LogP) is 4.74. The van der Waals surface area contributed by atoms with Gasteiger partial charge in [0.15, 0.2) is 0 Å². The van der Waals surface area contributed by atoms with Crippen LogP contribution in [-0.4, -0.2) is 38.9 Å². The Hall–Kier alpha value is -3.12. The van der Waals surface area contributed by atoms with Gasteiger partial charge in [-0.05, 0) is 43.2 Å². The van der Waals surface area contributed by atoms with Crippen LogP contribution in [0.4, 0.5) is 10.5 Å². The Balaban J connectivity index is 2.08. The minimum atomic E-state index is -0.610. The lowest BCUT2D eigenvalue weighted by Crippen LogP contribution is -2.32. The molecule has 0 radical (unpaired) electrons. The summed E-state index contributed by atoms with van der Waals surface area (Å²) in [6.45, 7) is 4.74. The van der Waals surface area contributed by atoms with E-state index in [1.54, 1.807) is 0 Å². The van der Waals surface area contributed by atoms with Gasteiger partial charge in [-0.3, -0.25) is 4.79 Å². The van der Waals surface area contributed by atoms with Crippen molar-refractivity contribution in [3.63, 3.8) is 0 Å². The van der Waals surface area contributed by atoms with E-state index in [-0.39, 0.29) is 13.2 Å². The van der Waals surface area contributed by atoms with Crippen molar-refractivity contribution in [1.82, 2.24) is 5.32 Å². The average Bonchev–Trinajstić information content (AvgIpc) is 2.82. The van der Waals surface area contributed by atoms with Crippen molar-refractivity contribution >= 4 is 17.7 Å². The number of benzene rings is 1. The van der Waals surface area contributed by atoms with Gasteiger partial charge < -0.3 is 19.7 Å². The van der Waals surface area contributed by atoms with Gasteiger partial charge in [-0.1, -0.05) is 57.2 Å². The van der Waals surface area contributed by atoms with Gasteiger partial charge in [0.25, 0.3) is 0 Å². The van der Waals surface area contributed by atoms with Crippen molar-refractivity contribution in [3.8, 4) is 23.8 Å². The highest BCUT2D eigenvalue weighted by Crippen LogP contribution is 2.12. The molecule has 6 nitrogen and oxygen atoms in total. The maximum Gasteiger partial charge on any atom is 0.407 e. The number of para-hydroxylation sites is 1. The van der Waals surface area contributed by atoms with Crippen LogP contribution in [0.25, 0.3) is 0 Å². The molecule has 0 aromatic heterocycles. The third-order valence-corrected chi connectivity index (χ3v) is 4.85. The summed E-state index contributed by atoms with van der Waals surface area (Å²) in [6.07, 6.45) is 5.85. The fourth-order valence-corrected chi connectivity index (χ4v) is 2.77. The molecule has 1 rings (SSSR count). The number of nitrogens with zero attached hydrogens (tertiary/aromatic N) is 1. The van der Waals surface area contributed by atoms with Gasteiger partial charge in [-0.25, -0.2) is 4.79 Å². The number of ether oxygens (including phenoxy) is 2. The Bertz CT molecular complexity index is 787. The third-order valence-electron chi connectivity index (χ3n) is 4.85. The Morgan fingerprint density at radius 3 is 2.56 bits per heavy atom. The zero-order chi connectivity index (χ0) is 23.4. The Labute approximate surface area is 193 Å². The van der Waals surface area contributed by atoms with Gasteiger partial charge in [0, 0.05) is 31.1 Å². The molecule has 1 atom stereocenters. The van der Waals surface area contributed by atoms with Crippen LogP contribution in [0.2, 0.25) is 0 Å². The van der Waals surface area contributed by atoms with Gasteiger partial charge in [0.1, 0.15) is 6.54 Å². The minimum absolute atomic E-state index is 0.176. The van der Waals surface area contributed by atoms with Crippen LogP contribution in [0.1, 0.15) is 58.8 Å². The quantitative estimate of drug-likeness (QED) is 0.208. The SMILES string of the molecule is CCCCC(CC)COC(=O)CNC(=O)OCCCCC#CC#CN(C)c1ccccc1. The molecule has 0 fully saturated rings. The Morgan fingerprint density at radius 2 is 1.84 bits per heavy atom. The van der Waals surface area contributed by atoms with Gasteiger partial charge in [-0.15, -0.1) is 0 Å². The fraction of sp³-hybridized carbons (Fsp3) is 0.538. The second kappa shape index (κ2) is 17.5. The summed E-state index contributed by atoms with van der Waals surface area (Å²) in [7, 11) is 1.89. The number of anilines is 1. The van der Waals surface area contributed by atoms with Crippen molar-refractivity contribution < 1.29 is 19.1 Å². The van der Waals surface area contributed by atoms with E-state index in [4.69, 9.17) is 9.47 Å². The molecule has 0 heterocycles. The molecule has 6 heteroatoms. The molecule has 1 aromatic carbocycles. The summed E-state index contributed by atoms with van der Waals surface area (Å²) in [6, 6.07) is 12.8. The number of alkyl carbamates (subject to hydrolysis) is 1. The molecule has 1 N–H and O–H groups in total. The topological polar surface area (TPSA) is 67.9 Å². The Morgan fingerprint density at radius 1 is 1.06 bits per heavy atom. The number of nitrogens with one attached hydrogen (secondary N) is 1. The van der Waals surface area contributed by atoms with Gasteiger partial charge in [-0.2, -0.15) is 0 Å². The van der Waals surface area contributed by atoms with Gasteiger partial charge in [0.2, 0.25) is 0 Å². The second-order valence-corrected chi connectivity index (χ2v) is 7.48. The summed E-state index contributed by atoms with van der Waals surface area (Å²) in [5.74, 6) is 8.59. The molecule has 32 heavy (non-hydrogen) atoms. The summed E-state index contributed by atoms with van der Waals surface area (Å²) in [4.78, 5) is 25.2. The summed E-state index contributed by atoms with van der Waals surface area (Å²) >= 11 is 0. The lowest BCUT2D eigenvalue weighted by atomic mass is 10.0. The van der Waals surface area contributed by atoms with Gasteiger partial charge >= 0.3 is 12.1 Å². The maximum atomic E-state index is 11.7. The molecular weight excluding hydrogens is 404 g/mol. The number of carbonyl (C=O) groups is 2. The van der Waals surface area contributed by atoms with E-state index in [1.165, 1.54) is 0 Å². The van der Waals surface area contributed by atoms with Crippen LogP contribution >= 0.6 is 0 Å². The molecule has 174 valence electrons. The number of amides is 1. The van der Waals surface area contributed by atoms with Crippen LogP contribution in [0.15, 0.2) is 30.3 Å². The van der Waals surface area contributed by atoms with Crippen LogP contribution in [0.5, 0.6) is 0 Å². The number of esters is 1. The van der Waals surface area contributed by atoms with E-state index >= 15 is 0 Å². The standard InChI is InChI=1S/C26H36N2O4/c1-4-6-16-23(5-2)22-32-25(29)21-27-26(30)31-20-15-10-8-7-9-14-19-28(3)24-17-12-11-13-18-24/h11-13,17-18,23H,4-6,8,10,15-16,20-22H2,1-3H3,(H,27,30). The third kappa shape index (κ3) is 13.2. The lowest BCUT2D eigenvalue weighted by molar-refractivity contribution is -0.143. The van der Waals surface area contributed by atoms with Crippen molar-refractivity contribution in [2.45, 2.75) is 58.8 Å². The average molecular weight is 441 g/mol. The highest BCUT2D eigenvalue weighted by Gasteiger charge is 2.11. The van der Waals surface area contributed by atoms with Gasteiger partial charge in [0.05, 0.1) is 13.2 Å². The monoisotopic (exact) mass is 440 g/mol. The molecule has 0 spiro atoms. The van der Waals surface area contributed by atoms with Crippen LogP contribution in [0, 0.1) is 29.7 Å². The molecule has 0 saturated heterocycles. The molecule has 0 aliphatic carbocycles. The zero-order valence-electron chi connectivity index (χ0n) is 19.6. The fourth-order valence-electron chi connectivity index (χ4n) is 2.77. The first-order valence-corrected chi connectivity index (χ1v) is 11.4. The van der Waals surface area contributed by atoms with E-state index in [2.05, 4.69) is 43.0 Å². The largest absolute Gasteiger partial charge is 0.464 e. The molecule has 0 aliphatic heterocycles. The first-order valence-electron chi connectivity index (χ1n) is 11.4. The number of rotatable bonds is 13. The predicted molar refractivity (Wildman–Crippen MR) is 128 cm³/mol. The van der Waals surface area contributed by atoms with Crippen LogP contribution < -0.4 is 10.2 Å². The van der Waals surface area contributed by atoms with E-state index in [0.29, 0.717) is 25.4 Å². The Kier molecular flexibility index (Phi) is 14.8. The molecule has 0 aliphatic rings. The van der Waals surface area contributed by atoms with E-state index in [9.17, 15) is 9.59 Å². The zero-order valence-corrected chi connectivity index (χ0v) is 19.6. The summed E-state index contributed by atoms with van der Waals surface area (Å²) < 4.78 is 10.3.